The zero-order valence-corrected chi connectivity index (χ0v) is 21.4. The summed E-state index contributed by atoms with van der Waals surface area (Å²) in [5.41, 5.74) is 3.00. The van der Waals surface area contributed by atoms with Crippen molar-refractivity contribution in [3.8, 4) is 11.5 Å². The summed E-state index contributed by atoms with van der Waals surface area (Å²) in [5.74, 6) is 0.360. The van der Waals surface area contributed by atoms with E-state index in [9.17, 15) is 9.59 Å². The van der Waals surface area contributed by atoms with Gasteiger partial charge < -0.3 is 19.1 Å². The molecule has 0 saturated carbocycles. The van der Waals surface area contributed by atoms with E-state index in [-0.39, 0.29) is 18.6 Å². The second kappa shape index (κ2) is 10.2. The molecule has 0 N–H and O–H groups in total. The van der Waals surface area contributed by atoms with Crippen molar-refractivity contribution in [1.82, 2.24) is 4.90 Å². The van der Waals surface area contributed by atoms with E-state index >= 15 is 0 Å². The molecule has 0 saturated heterocycles. The molecular weight excluding hydrogens is 498 g/mol. The molecule has 1 aliphatic rings. The van der Waals surface area contributed by atoms with Crippen molar-refractivity contribution >= 4 is 44.9 Å². The minimum atomic E-state index is -0.602. The normalized spacial score (nSPS) is 14.9. The van der Waals surface area contributed by atoms with Crippen molar-refractivity contribution in [2.24, 2.45) is 0 Å². The second-order valence-corrected chi connectivity index (χ2v) is 9.80. The Morgan fingerprint density at radius 3 is 2.42 bits per heavy atom. The number of halogens is 1. The number of carbonyl (C=O) groups excluding carboxylic acids is 2. The van der Waals surface area contributed by atoms with Crippen LogP contribution in [0, 0.1) is 0 Å². The molecule has 1 aromatic heterocycles. The van der Waals surface area contributed by atoms with Crippen LogP contribution >= 0.6 is 22.9 Å². The van der Waals surface area contributed by atoms with Gasteiger partial charge in [0.15, 0.2) is 18.1 Å². The minimum Gasteiger partial charge on any atom is -0.493 e. The van der Waals surface area contributed by atoms with Gasteiger partial charge >= 0.3 is 5.97 Å². The first kappa shape index (κ1) is 24.2. The zero-order valence-electron chi connectivity index (χ0n) is 19.8. The first-order valence-electron chi connectivity index (χ1n) is 11.4. The molecule has 2 heterocycles. The Morgan fingerprint density at radius 1 is 1.00 bits per heavy atom. The van der Waals surface area contributed by atoms with Crippen LogP contribution in [0.1, 0.15) is 32.4 Å². The molecule has 1 amide bonds. The van der Waals surface area contributed by atoms with E-state index in [4.69, 9.17) is 25.8 Å². The lowest BCUT2D eigenvalue weighted by molar-refractivity contribution is -0.136. The zero-order chi connectivity index (χ0) is 25.2. The fraction of sp³-hybridized carbons (Fsp3) is 0.214. The van der Waals surface area contributed by atoms with Gasteiger partial charge in [-0.05, 0) is 41.3 Å². The van der Waals surface area contributed by atoms with Crippen LogP contribution in [0.2, 0.25) is 5.02 Å². The van der Waals surface area contributed by atoms with Crippen LogP contribution in [0.25, 0.3) is 10.1 Å². The van der Waals surface area contributed by atoms with E-state index in [2.05, 4.69) is 0 Å². The molecule has 0 unspecified atom stereocenters. The van der Waals surface area contributed by atoms with Crippen LogP contribution < -0.4 is 9.47 Å². The molecule has 6 nitrogen and oxygen atoms in total. The molecule has 3 aromatic carbocycles. The van der Waals surface area contributed by atoms with E-state index in [1.54, 1.807) is 19.1 Å². The summed E-state index contributed by atoms with van der Waals surface area (Å²) in [5, 5.41) is 1.15. The van der Waals surface area contributed by atoms with Crippen molar-refractivity contribution in [2.75, 3.05) is 27.4 Å². The molecule has 0 aliphatic carbocycles. The summed E-state index contributed by atoms with van der Waals surface area (Å²) in [6, 6.07) is 20.8. The SMILES string of the molecule is COc1cc2c(cc1OC)[C@H](c1ccccc1)N(C(=O)COC(=O)c1sc3ccccc3c1Cl)CC2. The fourth-order valence-corrected chi connectivity index (χ4v) is 6.03. The molecule has 184 valence electrons. The lowest BCUT2D eigenvalue weighted by Gasteiger charge is -2.38. The third kappa shape index (κ3) is 4.40. The Bertz CT molecular complexity index is 1430. The topological polar surface area (TPSA) is 65.1 Å². The van der Waals surface area contributed by atoms with Crippen LogP contribution in [0.4, 0.5) is 0 Å². The van der Waals surface area contributed by atoms with Gasteiger partial charge in [0, 0.05) is 16.6 Å². The number of hydrogen-bond donors (Lipinski definition) is 0. The molecule has 0 bridgehead atoms. The van der Waals surface area contributed by atoms with Crippen molar-refractivity contribution in [2.45, 2.75) is 12.5 Å². The number of benzene rings is 3. The average molecular weight is 522 g/mol. The smallest absolute Gasteiger partial charge is 0.350 e. The van der Waals surface area contributed by atoms with Crippen molar-refractivity contribution < 1.29 is 23.8 Å². The van der Waals surface area contributed by atoms with Crippen LogP contribution in [0.5, 0.6) is 11.5 Å². The molecular formula is C28H24ClNO5S. The Labute approximate surface area is 218 Å². The summed E-state index contributed by atoms with van der Waals surface area (Å²) in [4.78, 5) is 28.3. The molecule has 4 aromatic rings. The average Bonchev–Trinajstić information content (AvgIpc) is 3.26. The van der Waals surface area contributed by atoms with E-state index in [0.717, 1.165) is 26.8 Å². The van der Waals surface area contributed by atoms with Gasteiger partial charge in [0.05, 0.1) is 25.3 Å². The fourth-order valence-electron chi connectivity index (χ4n) is 4.63. The Kier molecular flexibility index (Phi) is 6.85. The molecule has 0 fully saturated rings. The Hall–Kier alpha value is -3.55. The summed E-state index contributed by atoms with van der Waals surface area (Å²) in [7, 11) is 3.20. The number of hydrogen-bond acceptors (Lipinski definition) is 6. The van der Waals surface area contributed by atoms with Gasteiger partial charge in [-0.25, -0.2) is 4.79 Å². The molecule has 1 aliphatic heterocycles. The van der Waals surface area contributed by atoms with E-state index in [1.807, 2.05) is 66.7 Å². The summed E-state index contributed by atoms with van der Waals surface area (Å²) in [6.45, 7) is 0.0947. The number of nitrogens with zero attached hydrogens (tertiary/aromatic N) is 1. The lowest BCUT2D eigenvalue weighted by atomic mass is 9.87. The predicted octanol–water partition coefficient (Wildman–Crippen LogP) is 5.90. The maximum absolute atomic E-state index is 13.4. The number of carbonyl (C=O) groups is 2. The maximum Gasteiger partial charge on any atom is 0.350 e. The molecule has 5 rings (SSSR count). The predicted molar refractivity (Wildman–Crippen MR) is 140 cm³/mol. The van der Waals surface area contributed by atoms with E-state index in [1.165, 1.54) is 11.3 Å². The molecule has 8 heteroatoms. The van der Waals surface area contributed by atoms with Crippen LogP contribution in [-0.2, 0) is 16.0 Å². The van der Waals surface area contributed by atoms with Gasteiger partial charge in [-0.3, -0.25) is 4.79 Å². The van der Waals surface area contributed by atoms with Crippen molar-refractivity contribution in [3.05, 3.63) is 93.3 Å². The third-order valence-corrected chi connectivity index (χ3v) is 8.01. The largest absolute Gasteiger partial charge is 0.493 e. The van der Waals surface area contributed by atoms with E-state index in [0.29, 0.717) is 34.4 Å². The maximum atomic E-state index is 13.4. The molecule has 0 spiro atoms. The molecule has 1 atom stereocenters. The number of ether oxygens (including phenoxy) is 3. The van der Waals surface area contributed by atoms with Crippen LogP contribution in [0.15, 0.2) is 66.7 Å². The number of rotatable bonds is 6. The van der Waals surface area contributed by atoms with Gasteiger partial charge in [-0.1, -0.05) is 60.1 Å². The monoisotopic (exact) mass is 521 g/mol. The summed E-state index contributed by atoms with van der Waals surface area (Å²) >= 11 is 7.68. The number of amides is 1. The summed E-state index contributed by atoms with van der Waals surface area (Å²) in [6.07, 6.45) is 0.640. The second-order valence-electron chi connectivity index (χ2n) is 8.37. The standard InChI is InChI=1S/C28H24ClNO5S/c1-33-21-14-18-12-13-30(26(17-8-4-3-5-9-17)20(18)15-22(21)34-2)24(31)16-35-28(32)27-25(29)19-10-6-7-11-23(19)36-27/h3-11,14-15,26H,12-13,16H2,1-2H3/t26-/m0/s1. The highest BCUT2D eigenvalue weighted by molar-refractivity contribution is 7.21. The first-order chi connectivity index (χ1) is 17.5. The Morgan fingerprint density at radius 2 is 1.69 bits per heavy atom. The van der Waals surface area contributed by atoms with Gasteiger partial charge in [-0.2, -0.15) is 0 Å². The highest BCUT2D eigenvalue weighted by Gasteiger charge is 2.34. The van der Waals surface area contributed by atoms with Gasteiger partial charge in [-0.15, -0.1) is 11.3 Å². The van der Waals surface area contributed by atoms with Gasteiger partial charge in [0.25, 0.3) is 5.91 Å². The summed E-state index contributed by atoms with van der Waals surface area (Å²) < 4.78 is 17.4. The lowest BCUT2D eigenvalue weighted by Crippen LogP contribution is -2.42. The highest BCUT2D eigenvalue weighted by atomic mass is 35.5. The first-order valence-corrected chi connectivity index (χ1v) is 12.6. The van der Waals surface area contributed by atoms with E-state index < -0.39 is 5.97 Å². The van der Waals surface area contributed by atoms with Gasteiger partial charge in [0.1, 0.15) is 4.88 Å². The highest BCUT2D eigenvalue weighted by Crippen LogP contribution is 2.41. The number of methoxy groups -OCH3 is 2. The number of fused-ring (bicyclic) bond motifs is 2. The molecule has 36 heavy (non-hydrogen) atoms. The Balaban J connectivity index is 1.42. The minimum absolute atomic E-state index is 0.283. The number of thiophene rings is 1. The van der Waals surface area contributed by atoms with Crippen molar-refractivity contribution in [3.63, 3.8) is 0 Å². The van der Waals surface area contributed by atoms with Crippen LogP contribution in [0.3, 0.4) is 0 Å². The van der Waals surface area contributed by atoms with Gasteiger partial charge in [0.2, 0.25) is 0 Å². The quantitative estimate of drug-likeness (QED) is 0.295. The van der Waals surface area contributed by atoms with Crippen LogP contribution in [-0.4, -0.2) is 44.1 Å². The number of esters is 1. The van der Waals surface area contributed by atoms with Crippen molar-refractivity contribution in [1.29, 1.82) is 0 Å². The third-order valence-electron chi connectivity index (χ3n) is 6.36. The molecule has 0 radical (unpaired) electrons.